The summed E-state index contributed by atoms with van der Waals surface area (Å²) in [5.41, 5.74) is 3.64. The van der Waals surface area contributed by atoms with Gasteiger partial charge < -0.3 is 15.0 Å². The lowest BCUT2D eigenvalue weighted by Crippen LogP contribution is -2.24. The zero-order chi connectivity index (χ0) is 19.4. The summed E-state index contributed by atoms with van der Waals surface area (Å²) in [7, 11) is 0. The van der Waals surface area contributed by atoms with Gasteiger partial charge >= 0.3 is 0 Å². The van der Waals surface area contributed by atoms with Gasteiger partial charge in [0.15, 0.2) is 5.88 Å². The number of benzene rings is 2. The van der Waals surface area contributed by atoms with Crippen LogP contribution in [0.3, 0.4) is 0 Å². The van der Waals surface area contributed by atoms with Crippen molar-refractivity contribution in [2.24, 2.45) is 4.99 Å². The topological polar surface area (TPSA) is 51.6 Å². The minimum atomic E-state index is -0.276. The Hall–Kier alpha value is -2.82. The first-order valence-corrected chi connectivity index (χ1v) is 9.44. The average Bonchev–Trinajstić information content (AvgIpc) is 2.98. The molecule has 5 heteroatoms. The molecule has 0 aliphatic heterocycles. The molecule has 142 valence electrons. The van der Waals surface area contributed by atoms with Crippen molar-refractivity contribution in [3.8, 4) is 5.88 Å². The molecule has 27 heavy (non-hydrogen) atoms. The Morgan fingerprint density at radius 2 is 2.04 bits per heavy atom. The van der Waals surface area contributed by atoms with E-state index in [4.69, 9.17) is 0 Å². The Labute approximate surface area is 159 Å². The second-order valence-electron chi connectivity index (χ2n) is 6.71. The van der Waals surface area contributed by atoms with Crippen LogP contribution in [0.25, 0.3) is 10.9 Å². The highest BCUT2D eigenvalue weighted by molar-refractivity contribution is 6.04. The summed E-state index contributed by atoms with van der Waals surface area (Å²) >= 11 is 0. The summed E-state index contributed by atoms with van der Waals surface area (Å²) in [6.07, 6.45) is 3.70. The van der Waals surface area contributed by atoms with E-state index in [9.17, 15) is 9.50 Å². The predicted octanol–water partition coefficient (Wildman–Crippen LogP) is 5.70. The SMILES string of the molecule is CCCCN(CC)c1ccc(N=Cc2c(O)[nH]c3cccc(C)c23)cc1F. The van der Waals surface area contributed by atoms with Crippen LogP contribution in [0.4, 0.5) is 15.8 Å². The Balaban J connectivity index is 1.89. The number of aromatic nitrogens is 1. The Morgan fingerprint density at radius 1 is 1.22 bits per heavy atom. The van der Waals surface area contributed by atoms with Crippen LogP contribution in [0.2, 0.25) is 0 Å². The van der Waals surface area contributed by atoms with Gasteiger partial charge in [0.1, 0.15) is 5.82 Å². The number of nitrogens with one attached hydrogen (secondary N) is 1. The van der Waals surface area contributed by atoms with Crippen molar-refractivity contribution in [2.45, 2.75) is 33.6 Å². The van der Waals surface area contributed by atoms with E-state index in [1.807, 2.05) is 43.0 Å². The monoisotopic (exact) mass is 367 g/mol. The van der Waals surface area contributed by atoms with Crippen molar-refractivity contribution in [2.75, 3.05) is 18.0 Å². The van der Waals surface area contributed by atoms with Crippen LogP contribution in [-0.4, -0.2) is 29.4 Å². The van der Waals surface area contributed by atoms with E-state index in [1.54, 1.807) is 12.3 Å². The first-order chi connectivity index (χ1) is 13.0. The van der Waals surface area contributed by atoms with E-state index in [1.165, 1.54) is 6.07 Å². The number of H-pyrrole nitrogens is 1. The van der Waals surface area contributed by atoms with Gasteiger partial charge in [-0.1, -0.05) is 25.5 Å². The van der Waals surface area contributed by atoms with E-state index >= 15 is 0 Å². The standard InChI is InChI=1S/C22H26FN3O/c1-4-6-12-26(5-2)20-11-10-16(13-18(20)23)24-14-17-21-15(3)8-7-9-19(21)25-22(17)27/h7-11,13-14,25,27H,4-6,12H2,1-3H3. The number of aliphatic imine (C=N–C) groups is 1. The van der Waals surface area contributed by atoms with Gasteiger partial charge in [-0.3, -0.25) is 4.99 Å². The largest absolute Gasteiger partial charge is 0.494 e. The summed E-state index contributed by atoms with van der Waals surface area (Å²) in [6.45, 7) is 7.75. The average molecular weight is 367 g/mol. The molecule has 0 spiro atoms. The maximum absolute atomic E-state index is 14.6. The van der Waals surface area contributed by atoms with E-state index < -0.39 is 0 Å². The number of nitrogens with zero attached hydrogens (tertiary/aromatic N) is 2. The molecule has 0 saturated heterocycles. The minimum Gasteiger partial charge on any atom is -0.494 e. The number of anilines is 1. The van der Waals surface area contributed by atoms with Gasteiger partial charge in [-0.2, -0.15) is 0 Å². The fourth-order valence-electron chi connectivity index (χ4n) is 3.34. The van der Waals surface area contributed by atoms with Crippen molar-refractivity contribution >= 4 is 28.5 Å². The summed E-state index contributed by atoms with van der Waals surface area (Å²) in [5.74, 6) is -0.209. The molecule has 0 saturated carbocycles. The van der Waals surface area contributed by atoms with Gasteiger partial charge in [0, 0.05) is 36.3 Å². The number of fused-ring (bicyclic) bond motifs is 1. The molecule has 0 bridgehead atoms. The third-order valence-corrected chi connectivity index (χ3v) is 4.83. The van der Waals surface area contributed by atoms with Gasteiger partial charge in [-0.15, -0.1) is 0 Å². The fraction of sp³-hybridized carbons (Fsp3) is 0.318. The summed E-state index contributed by atoms with van der Waals surface area (Å²) in [4.78, 5) is 9.38. The molecule has 2 aromatic carbocycles. The normalized spacial score (nSPS) is 11.6. The molecule has 0 radical (unpaired) electrons. The van der Waals surface area contributed by atoms with Gasteiger partial charge in [-0.25, -0.2) is 4.39 Å². The first-order valence-electron chi connectivity index (χ1n) is 9.44. The quantitative estimate of drug-likeness (QED) is 0.526. The minimum absolute atomic E-state index is 0.0665. The fourth-order valence-corrected chi connectivity index (χ4v) is 3.34. The van der Waals surface area contributed by atoms with Crippen molar-refractivity contribution in [3.63, 3.8) is 0 Å². The lowest BCUT2D eigenvalue weighted by atomic mass is 10.1. The van der Waals surface area contributed by atoms with Crippen LogP contribution in [0.5, 0.6) is 5.88 Å². The Morgan fingerprint density at radius 3 is 2.74 bits per heavy atom. The highest BCUT2D eigenvalue weighted by Gasteiger charge is 2.12. The van der Waals surface area contributed by atoms with E-state index in [2.05, 4.69) is 16.9 Å². The molecular weight excluding hydrogens is 341 g/mol. The van der Waals surface area contributed by atoms with Crippen LogP contribution in [0, 0.1) is 12.7 Å². The lowest BCUT2D eigenvalue weighted by Gasteiger charge is -2.23. The first kappa shape index (κ1) is 19.0. The van der Waals surface area contributed by atoms with E-state index in [0.29, 0.717) is 16.9 Å². The summed E-state index contributed by atoms with van der Waals surface area (Å²) < 4.78 is 14.6. The molecular formula is C22H26FN3O. The smallest absolute Gasteiger partial charge is 0.198 e. The van der Waals surface area contributed by atoms with E-state index in [0.717, 1.165) is 42.4 Å². The number of aromatic amines is 1. The number of halogens is 1. The molecule has 0 atom stereocenters. The van der Waals surface area contributed by atoms with Crippen molar-refractivity contribution in [3.05, 3.63) is 53.3 Å². The maximum Gasteiger partial charge on any atom is 0.198 e. The summed E-state index contributed by atoms with van der Waals surface area (Å²) in [6, 6.07) is 10.9. The van der Waals surface area contributed by atoms with E-state index in [-0.39, 0.29) is 11.7 Å². The number of hydrogen-bond acceptors (Lipinski definition) is 3. The maximum atomic E-state index is 14.6. The number of aromatic hydroxyl groups is 1. The molecule has 0 fully saturated rings. The molecule has 0 unspecified atom stereocenters. The third kappa shape index (κ3) is 3.97. The van der Waals surface area contributed by atoms with Gasteiger partial charge in [0.25, 0.3) is 0 Å². The molecule has 1 heterocycles. The van der Waals surface area contributed by atoms with Gasteiger partial charge in [-0.05, 0) is 44.0 Å². The van der Waals surface area contributed by atoms with Crippen LogP contribution in [0.15, 0.2) is 41.4 Å². The number of hydrogen-bond donors (Lipinski definition) is 2. The summed E-state index contributed by atoms with van der Waals surface area (Å²) in [5, 5.41) is 11.1. The molecule has 1 aromatic heterocycles. The second-order valence-corrected chi connectivity index (χ2v) is 6.71. The van der Waals surface area contributed by atoms with Crippen LogP contribution < -0.4 is 4.90 Å². The van der Waals surface area contributed by atoms with Crippen molar-refractivity contribution < 1.29 is 9.50 Å². The molecule has 4 nitrogen and oxygen atoms in total. The zero-order valence-electron chi connectivity index (χ0n) is 16.1. The third-order valence-electron chi connectivity index (χ3n) is 4.83. The molecule has 0 aliphatic carbocycles. The second kappa shape index (κ2) is 8.25. The molecule has 0 amide bonds. The molecule has 0 aliphatic rings. The number of rotatable bonds is 7. The Kier molecular flexibility index (Phi) is 5.79. The highest BCUT2D eigenvalue weighted by Crippen LogP contribution is 2.29. The molecule has 2 N–H and O–H groups in total. The van der Waals surface area contributed by atoms with Crippen molar-refractivity contribution in [1.82, 2.24) is 4.98 Å². The zero-order valence-corrected chi connectivity index (χ0v) is 16.1. The lowest BCUT2D eigenvalue weighted by molar-refractivity contribution is 0.457. The highest BCUT2D eigenvalue weighted by atomic mass is 19.1. The number of unbranched alkanes of at least 4 members (excludes halogenated alkanes) is 1. The Bertz CT molecular complexity index is 962. The molecule has 3 rings (SSSR count). The predicted molar refractivity (Wildman–Crippen MR) is 111 cm³/mol. The van der Waals surface area contributed by atoms with Crippen LogP contribution >= 0.6 is 0 Å². The molecule has 3 aromatic rings. The van der Waals surface area contributed by atoms with Crippen LogP contribution in [0.1, 0.15) is 37.8 Å². The van der Waals surface area contributed by atoms with Crippen molar-refractivity contribution in [1.29, 1.82) is 0 Å². The number of aryl methyl sites for hydroxylation is 1. The van der Waals surface area contributed by atoms with Gasteiger partial charge in [0.05, 0.1) is 16.9 Å². The van der Waals surface area contributed by atoms with Crippen LogP contribution in [-0.2, 0) is 0 Å². The van der Waals surface area contributed by atoms with Gasteiger partial charge in [0.2, 0.25) is 0 Å².